The summed E-state index contributed by atoms with van der Waals surface area (Å²) in [4.78, 5) is 0. The van der Waals surface area contributed by atoms with Gasteiger partial charge in [-0.25, -0.2) is 0 Å². The third kappa shape index (κ3) is 5.27. The third-order valence-corrected chi connectivity index (χ3v) is 4.02. The average Bonchev–Trinajstić information content (AvgIpc) is 2.20. The van der Waals surface area contributed by atoms with Gasteiger partial charge in [-0.3, -0.25) is 0 Å². The Morgan fingerprint density at radius 3 is 2.39 bits per heavy atom. The highest BCUT2D eigenvalue weighted by molar-refractivity contribution is 4.88. The van der Waals surface area contributed by atoms with E-state index in [1.807, 2.05) is 0 Å². The summed E-state index contributed by atoms with van der Waals surface area (Å²) in [7, 11) is 0. The van der Waals surface area contributed by atoms with E-state index in [-0.39, 0.29) is 0 Å². The second-order valence-corrected chi connectivity index (χ2v) is 7.36. The molecule has 0 spiro atoms. The Balaban J connectivity index is 2.48. The van der Waals surface area contributed by atoms with Crippen molar-refractivity contribution in [2.45, 2.75) is 73.0 Å². The smallest absolute Gasteiger partial charge is 0.0753 e. The molecule has 4 unspecified atom stereocenters. The maximum atomic E-state index is 6.22. The molecule has 1 fully saturated rings. The molecule has 0 radical (unpaired) electrons. The quantitative estimate of drug-likeness (QED) is 0.805. The monoisotopic (exact) mass is 255 g/mol. The van der Waals surface area contributed by atoms with Gasteiger partial charge in [0.1, 0.15) is 0 Å². The van der Waals surface area contributed by atoms with Crippen molar-refractivity contribution in [2.24, 2.45) is 17.3 Å². The first-order chi connectivity index (χ1) is 8.33. The van der Waals surface area contributed by atoms with Crippen LogP contribution in [-0.4, -0.2) is 25.3 Å². The van der Waals surface area contributed by atoms with Gasteiger partial charge in [-0.05, 0) is 43.1 Å². The van der Waals surface area contributed by atoms with Crippen molar-refractivity contribution >= 4 is 0 Å². The van der Waals surface area contributed by atoms with Crippen LogP contribution >= 0.6 is 0 Å². The van der Waals surface area contributed by atoms with Gasteiger partial charge in [0, 0.05) is 12.6 Å². The maximum Gasteiger partial charge on any atom is 0.0753 e. The standard InChI is InChI=1S/C16H33NO/c1-7-17-14-11-12(2)10-13(3)15(14)18-9-8-16(4,5)6/h12-15,17H,7-11H2,1-6H3. The zero-order valence-corrected chi connectivity index (χ0v) is 13.3. The lowest BCUT2D eigenvalue weighted by Crippen LogP contribution is -2.49. The summed E-state index contributed by atoms with van der Waals surface area (Å²) in [5, 5.41) is 3.62. The topological polar surface area (TPSA) is 21.3 Å². The van der Waals surface area contributed by atoms with Gasteiger partial charge < -0.3 is 10.1 Å². The molecule has 2 nitrogen and oxygen atoms in total. The molecule has 1 rings (SSSR count). The van der Waals surface area contributed by atoms with Crippen molar-refractivity contribution in [3.05, 3.63) is 0 Å². The molecule has 0 aromatic heterocycles. The molecule has 4 atom stereocenters. The molecule has 0 aromatic rings. The molecule has 0 aliphatic heterocycles. The van der Waals surface area contributed by atoms with E-state index in [4.69, 9.17) is 4.74 Å². The van der Waals surface area contributed by atoms with Crippen molar-refractivity contribution in [3.63, 3.8) is 0 Å². The van der Waals surface area contributed by atoms with Crippen LogP contribution < -0.4 is 5.32 Å². The van der Waals surface area contributed by atoms with Crippen LogP contribution in [0.4, 0.5) is 0 Å². The molecule has 0 amide bonds. The van der Waals surface area contributed by atoms with Gasteiger partial charge >= 0.3 is 0 Å². The zero-order chi connectivity index (χ0) is 13.8. The second-order valence-electron chi connectivity index (χ2n) is 7.36. The van der Waals surface area contributed by atoms with Gasteiger partial charge in [0.05, 0.1) is 6.10 Å². The Bertz CT molecular complexity index is 234. The van der Waals surface area contributed by atoms with Crippen molar-refractivity contribution in [3.8, 4) is 0 Å². The minimum absolute atomic E-state index is 0.374. The largest absolute Gasteiger partial charge is 0.376 e. The van der Waals surface area contributed by atoms with Crippen LogP contribution in [0, 0.1) is 17.3 Å². The van der Waals surface area contributed by atoms with E-state index in [1.54, 1.807) is 0 Å². The van der Waals surface area contributed by atoms with E-state index in [0.717, 1.165) is 25.5 Å². The van der Waals surface area contributed by atoms with E-state index < -0.39 is 0 Å². The summed E-state index contributed by atoms with van der Waals surface area (Å²) in [5.41, 5.74) is 0.374. The predicted octanol–water partition coefficient (Wildman–Crippen LogP) is 3.85. The van der Waals surface area contributed by atoms with E-state index >= 15 is 0 Å². The molecule has 2 heteroatoms. The molecular weight excluding hydrogens is 222 g/mol. The van der Waals surface area contributed by atoms with Crippen LogP contribution in [0.5, 0.6) is 0 Å². The Hall–Kier alpha value is -0.0800. The molecule has 1 aliphatic rings. The van der Waals surface area contributed by atoms with Crippen molar-refractivity contribution in [2.75, 3.05) is 13.2 Å². The van der Waals surface area contributed by atoms with Crippen LogP contribution in [0.1, 0.15) is 60.8 Å². The summed E-state index contributed by atoms with van der Waals surface area (Å²) < 4.78 is 6.22. The number of hydrogen-bond donors (Lipinski definition) is 1. The summed E-state index contributed by atoms with van der Waals surface area (Å²) >= 11 is 0. The lowest BCUT2D eigenvalue weighted by molar-refractivity contribution is -0.0445. The fraction of sp³-hybridized carbons (Fsp3) is 1.00. The number of hydrogen-bond acceptors (Lipinski definition) is 2. The SMILES string of the molecule is CCNC1CC(C)CC(C)C1OCCC(C)(C)C. The molecule has 0 aromatic carbocycles. The molecule has 0 bridgehead atoms. The highest BCUT2D eigenvalue weighted by atomic mass is 16.5. The fourth-order valence-corrected chi connectivity index (χ4v) is 3.07. The van der Waals surface area contributed by atoms with Crippen LogP contribution in [-0.2, 0) is 4.74 Å². The molecular formula is C16H33NO. The summed E-state index contributed by atoms with van der Waals surface area (Å²) in [5.74, 6) is 1.50. The number of rotatable bonds is 5. The van der Waals surface area contributed by atoms with Gasteiger partial charge in [-0.1, -0.05) is 41.5 Å². The summed E-state index contributed by atoms with van der Waals surface area (Å²) in [6, 6.07) is 0.550. The summed E-state index contributed by atoms with van der Waals surface area (Å²) in [6.45, 7) is 15.7. The first-order valence-corrected chi connectivity index (χ1v) is 7.68. The Morgan fingerprint density at radius 2 is 1.83 bits per heavy atom. The van der Waals surface area contributed by atoms with Gasteiger partial charge in [-0.15, -0.1) is 0 Å². The van der Waals surface area contributed by atoms with Crippen LogP contribution in [0.2, 0.25) is 0 Å². The molecule has 0 saturated heterocycles. The van der Waals surface area contributed by atoms with Gasteiger partial charge in [0.25, 0.3) is 0 Å². The van der Waals surface area contributed by atoms with Crippen molar-refractivity contribution < 1.29 is 4.74 Å². The molecule has 0 heterocycles. The predicted molar refractivity (Wildman–Crippen MR) is 78.8 cm³/mol. The van der Waals surface area contributed by atoms with Gasteiger partial charge in [0.15, 0.2) is 0 Å². The lowest BCUT2D eigenvalue weighted by Gasteiger charge is -2.40. The minimum Gasteiger partial charge on any atom is -0.376 e. The molecule has 1 aliphatic carbocycles. The Morgan fingerprint density at radius 1 is 1.17 bits per heavy atom. The fourth-order valence-electron chi connectivity index (χ4n) is 3.07. The minimum atomic E-state index is 0.374. The average molecular weight is 255 g/mol. The van der Waals surface area contributed by atoms with E-state index in [0.29, 0.717) is 23.5 Å². The van der Waals surface area contributed by atoms with Crippen molar-refractivity contribution in [1.29, 1.82) is 0 Å². The van der Waals surface area contributed by atoms with Gasteiger partial charge in [0.2, 0.25) is 0 Å². The first kappa shape index (κ1) is 16.0. The van der Waals surface area contributed by atoms with Crippen LogP contribution in [0.25, 0.3) is 0 Å². The number of ether oxygens (including phenoxy) is 1. The van der Waals surface area contributed by atoms with E-state index in [1.165, 1.54) is 12.8 Å². The Kier molecular flexibility index (Phi) is 6.13. The number of nitrogens with one attached hydrogen (secondary N) is 1. The number of likely N-dealkylation sites (N-methyl/N-ethyl adjacent to an activating group) is 1. The molecule has 108 valence electrons. The lowest BCUT2D eigenvalue weighted by atomic mass is 9.78. The second kappa shape index (κ2) is 6.91. The highest BCUT2D eigenvalue weighted by Crippen LogP contribution is 2.31. The summed E-state index contributed by atoms with van der Waals surface area (Å²) in [6.07, 6.45) is 4.12. The Labute approximate surface area is 114 Å². The first-order valence-electron chi connectivity index (χ1n) is 7.68. The molecule has 18 heavy (non-hydrogen) atoms. The maximum absolute atomic E-state index is 6.22. The molecule has 1 saturated carbocycles. The van der Waals surface area contributed by atoms with Crippen LogP contribution in [0.3, 0.4) is 0 Å². The molecule has 1 N–H and O–H groups in total. The van der Waals surface area contributed by atoms with Crippen LogP contribution in [0.15, 0.2) is 0 Å². The van der Waals surface area contributed by atoms with Gasteiger partial charge in [-0.2, -0.15) is 0 Å². The third-order valence-electron chi connectivity index (χ3n) is 4.02. The van der Waals surface area contributed by atoms with Crippen molar-refractivity contribution in [1.82, 2.24) is 5.32 Å². The normalized spacial score (nSPS) is 33.7. The highest BCUT2D eigenvalue weighted by Gasteiger charge is 2.34. The van der Waals surface area contributed by atoms with E-state index in [9.17, 15) is 0 Å². The van der Waals surface area contributed by atoms with E-state index in [2.05, 4.69) is 46.9 Å². The zero-order valence-electron chi connectivity index (χ0n) is 13.3.